The van der Waals surface area contributed by atoms with E-state index in [1.165, 1.54) is 12.0 Å². The SMILES string of the molecule is C#CCOc1c(Br)cc(/C=C2/SC(=O)N(Cc3cccc4ccccc34)C2=O)cc1OC. The number of hydrogen-bond donors (Lipinski definition) is 0. The molecule has 0 aromatic heterocycles. The van der Waals surface area contributed by atoms with E-state index in [1.807, 2.05) is 42.5 Å². The number of carbonyl (C=O) groups excluding carboxylic acids is 2. The van der Waals surface area contributed by atoms with Gasteiger partial charge in [0.15, 0.2) is 11.5 Å². The quantitative estimate of drug-likeness (QED) is 0.309. The maximum Gasteiger partial charge on any atom is 0.293 e. The molecule has 0 bridgehead atoms. The van der Waals surface area contributed by atoms with Crippen molar-refractivity contribution in [3.63, 3.8) is 0 Å². The second-order valence-electron chi connectivity index (χ2n) is 6.93. The van der Waals surface area contributed by atoms with E-state index in [-0.39, 0.29) is 24.3 Å². The van der Waals surface area contributed by atoms with Crippen LogP contribution in [0.5, 0.6) is 11.5 Å². The molecule has 3 aromatic carbocycles. The number of ether oxygens (including phenoxy) is 2. The van der Waals surface area contributed by atoms with Gasteiger partial charge in [-0.1, -0.05) is 48.4 Å². The third-order valence-corrected chi connectivity index (χ3v) is 6.43. The van der Waals surface area contributed by atoms with E-state index in [0.717, 1.165) is 28.1 Å². The van der Waals surface area contributed by atoms with Gasteiger partial charge in [-0.2, -0.15) is 0 Å². The third kappa shape index (κ3) is 4.38. The minimum absolute atomic E-state index is 0.0986. The first-order chi connectivity index (χ1) is 15.5. The summed E-state index contributed by atoms with van der Waals surface area (Å²) in [5.41, 5.74) is 1.61. The molecule has 0 saturated carbocycles. The summed E-state index contributed by atoms with van der Waals surface area (Å²) in [5, 5.41) is 1.79. The monoisotopic (exact) mass is 507 g/mol. The topological polar surface area (TPSA) is 55.8 Å². The summed E-state index contributed by atoms with van der Waals surface area (Å²) in [4.78, 5) is 27.3. The molecular weight excluding hydrogens is 490 g/mol. The number of thioether (sulfide) groups is 1. The van der Waals surface area contributed by atoms with Crippen molar-refractivity contribution in [2.24, 2.45) is 0 Å². The standard InChI is InChI=1S/C25H18BrNO4S/c1-3-11-31-23-20(26)12-16(13-21(23)30-2)14-22-24(28)27(25(29)32-22)15-18-9-6-8-17-7-4-5-10-19(17)18/h1,4-10,12-14H,11,15H2,2H3/b22-14+. The molecule has 0 N–H and O–H groups in total. The zero-order valence-electron chi connectivity index (χ0n) is 17.1. The van der Waals surface area contributed by atoms with Gasteiger partial charge in [0.1, 0.15) is 6.61 Å². The number of terminal acetylenes is 1. The Bertz CT molecular complexity index is 1290. The summed E-state index contributed by atoms with van der Waals surface area (Å²) in [6, 6.07) is 17.3. The summed E-state index contributed by atoms with van der Waals surface area (Å²) in [6.45, 7) is 0.316. The Morgan fingerprint density at radius 1 is 1.16 bits per heavy atom. The number of carbonyl (C=O) groups is 2. The first kappa shape index (κ1) is 22.0. The fraction of sp³-hybridized carbons (Fsp3) is 0.120. The number of rotatable bonds is 6. The van der Waals surface area contributed by atoms with Crippen LogP contribution in [-0.4, -0.2) is 29.8 Å². The first-order valence-corrected chi connectivity index (χ1v) is 11.3. The Kier molecular flexibility index (Phi) is 6.54. The van der Waals surface area contributed by atoms with Gasteiger partial charge in [0.05, 0.1) is 23.0 Å². The van der Waals surface area contributed by atoms with Crippen molar-refractivity contribution in [2.75, 3.05) is 13.7 Å². The van der Waals surface area contributed by atoms with E-state index in [0.29, 0.717) is 26.4 Å². The van der Waals surface area contributed by atoms with Gasteiger partial charge < -0.3 is 9.47 Å². The van der Waals surface area contributed by atoms with Crippen LogP contribution < -0.4 is 9.47 Å². The minimum Gasteiger partial charge on any atom is -0.493 e. The number of nitrogens with zero attached hydrogens (tertiary/aromatic N) is 1. The normalized spacial score (nSPS) is 14.8. The number of fused-ring (bicyclic) bond motifs is 1. The van der Waals surface area contributed by atoms with Gasteiger partial charge in [0, 0.05) is 0 Å². The number of hydrogen-bond acceptors (Lipinski definition) is 5. The molecule has 1 heterocycles. The average molecular weight is 508 g/mol. The van der Waals surface area contributed by atoms with E-state index in [4.69, 9.17) is 15.9 Å². The molecule has 1 saturated heterocycles. The van der Waals surface area contributed by atoms with Crippen molar-refractivity contribution < 1.29 is 19.1 Å². The van der Waals surface area contributed by atoms with Gasteiger partial charge in [0.25, 0.3) is 11.1 Å². The molecular formula is C25H18BrNO4S. The lowest BCUT2D eigenvalue weighted by Crippen LogP contribution is -2.27. The number of methoxy groups -OCH3 is 1. The van der Waals surface area contributed by atoms with E-state index in [2.05, 4.69) is 21.9 Å². The van der Waals surface area contributed by atoms with Gasteiger partial charge in [-0.25, -0.2) is 0 Å². The van der Waals surface area contributed by atoms with Crippen LogP contribution in [0.4, 0.5) is 4.79 Å². The second-order valence-corrected chi connectivity index (χ2v) is 8.78. The van der Waals surface area contributed by atoms with Gasteiger partial charge in [-0.3, -0.25) is 14.5 Å². The van der Waals surface area contributed by atoms with Crippen LogP contribution in [0, 0.1) is 12.3 Å². The second kappa shape index (κ2) is 9.51. The van der Waals surface area contributed by atoms with Crippen LogP contribution in [0.15, 0.2) is 64.0 Å². The van der Waals surface area contributed by atoms with Gasteiger partial charge in [-0.15, -0.1) is 6.42 Å². The molecule has 1 aliphatic rings. The van der Waals surface area contributed by atoms with Crippen molar-refractivity contribution in [1.29, 1.82) is 0 Å². The van der Waals surface area contributed by atoms with Crippen LogP contribution >= 0.6 is 27.7 Å². The molecule has 1 fully saturated rings. The lowest BCUT2D eigenvalue weighted by molar-refractivity contribution is -0.123. The predicted octanol–water partition coefficient (Wildman–Crippen LogP) is 5.86. The fourth-order valence-electron chi connectivity index (χ4n) is 3.47. The zero-order valence-corrected chi connectivity index (χ0v) is 19.5. The maximum absolute atomic E-state index is 13.0. The maximum atomic E-state index is 13.0. The van der Waals surface area contributed by atoms with Crippen LogP contribution in [0.2, 0.25) is 0 Å². The molecule has 0 spiro atoms. The zero-order chi connectivity index (χ0) is 22.7. The molecule has 32 heavy (non-hydrogen) atoms. The molecule has 0 radical (unpaired) electrons. The van der Waals surface area contributed by atoms with Crippen LogP contribution in [0.1, 0.15) is 11.1 Å². The molecule has 160 valence electrons. The molecule has 1 aliphatic heterocycles. The first-order valence-electron chi connectivity index (χ1n) is 9.67. The van der Waals surface area contributed by atoms with E-state index < -0.39 is 0 Å². The Balaban J connectivity index is 1.61. The Labute approximate surface area is 198 Å². The van der Waals surface area contributed by atoms with Crippen LogP contribution in [-0.2, 0) is 11.3 Å². The summed E-state index contributed by atoms with van der Waals surface area (Å²) < 4.78 is 11.6. The number of halogens is 1. The van der Waals surface area contributed by atoms with E-state index in [1.54, 1.807) is 18.2 Å². The molecule has 3 aromatic rings. The van der Waals surface area contributed by atoms with Crippen molar-refractivity contribution in [3.8, 4) is 23.8 Å². The number of imide groups is 1. The van der Waals surface area contributed by atoms with E-state index >= 15 is 0 Å². The summed E-state index contributed by atoms with van der Waals surface area (Å²) in [7, 11) is 1.52. The largest absolute Gasteiger partial charge is 0.493 e. The van der Waals surface area contributed by atoms with Crippen molar-refractivity contribution in [2.45, 2.75) is 6.54 Å². The third-order valence-electron chi connectivity index (χ3n) is 4.93. The van der Waals surface area contributed by atoms with Crippen molar-refractivity contribution in [3.05, 3.63) is 75.1 Å². The van der Waals surface area contributed by atoms with Gasteiger partial charge >= 0.3 is 0 Å². The minimum atomic E-state index is -0.323. The fourth-order valence-corrected chi connectivity index (χ4v) is 4.88. The summed E-state index contributed by atoms with van der Waals surface area (Å²) in [6.07, 6.45) is 6.94. The Morgan fingerprint density at radius 2 is 1.94 bits per heavy atom. The van der Waals surface area contributed by atoms with Crippen molar-refractivity contribution in [1.82, 2.24) is 4.90 Å². The van der Waals surface area contributed by atoms with E-state index in [9.17, 15) is 9.59 Å². The molecule has 0 aliphatic carbocycles. The smallest absolute Gasteiger partial charge is 0.293 e. The molecule has 7 heteroatoms. The van der Waals surface area contributed by atoms with Crippen LogP contribution in [0.3, 0.4) is 0 Å². The van der Waals surface area contributed by atoms with Gasteiger partial charge in [0.2, 0.25) is 0 Å². The summed E-state index contributed by atoms with van der Waals surface area (Å²) in [5.74, 6) is 3.04. The highest BCUT2D eigenvalue weighted by molar-refractivity contribution is 9.10. The van der Waals surface area contributed by atoms with Crippen molar-refractivity contribution >= 4 is 55.7 Å². The van der Waals surface area contributed by atoms with Gasteiger partial charge in [-0.05, 0) is 67.8 Å². The molecule has 0 unspecified atom stereocenters. The molecule has 5 nitrogen and oxygen atoms in total. The lowest BCUT2D eigenvalue weighted by Gasteiger charge is -2.14. The molecule has 4 rings (SSSR count). The highest BCUT2D eigenvalue weighted by atomic mass is 79.9. The molecule has 0 atom stereocenters. The number of amides is 2. The Hall–Kier alpha value is -3.21. The predicted molar refractivity (Wildman–Crippen MR) is 130 cm³/mol. The molecule has 2 amide bonds. The van der Waals surface area contributed by atoms with Crippen LogP contribution in [0.25, 0.3) is 16.8 Å². The average Bonchev–Trinajstić information content (AvgIpc) is 3.05. The Morgan fingerprint density at radius 3 is 2.72 bits per heavy atom. The lowest BCUT2D eigenvalue weighted by atomic mass is 10.0. The highest BCUT2D eigenvalue weighted by Gasteiger charge is 2.35. The summed E-state index contributed by atoms with van der Waals surface area (Å²) >= 11 is 4.38. The highest BCUT2D eigenvalue weighted by Crippen LogP contribution is 2.39. The number of benzene rings is 3.